The molecule has 10 N–H and O–H groups in total. The zero-order valence-electron chi connectivity index (χ0n) is 29.1. The summed E-state index contributed by atoms with van der Waals surface area (Å²) in [4.78, 5) is 0. The van der Waals surface area contributed by atoms with Gasteiger partial charge in [0.2, 0.25) is 0 Å². The largest absolute Gasteiger partial charge is 0.504 e. The Balaban J connectivity index is 1.58. The van der Waals surface area contributed by atoms with E-state index < -0.39 is 11.8 Å². The lowest BCUT2D eigenvalue weighted by Crippen LogP contribution is -2.19. The average molecular weight is 711 g/mol. The molecule has 5 rings (SSSR count). The second-order valence-corrected chi connectivity index (χ2v) is 13.6. The summed E-state index contributed by atoms with van der Waals surface area (Å²) in [5.74, 6) is -4.00. The molecular weight excluding hydrogens is 664 g/mol. The predicted octanol–water partition coefficient (Wildman–Crippen LogP) is 8.95. The second kappa shape index (κ2) is 16.0. The van der Waals surface area contributed by atoms with E-state index in [1.165, 1.54) is 48.5 Å². The van der Waals surface area contributed by atoms with Gasteiger partial charge in [0.15, 0.2) is 57.5 Å². The van der Waals surface area contributed by atoms with E-state index in [0.29, 0.717) is 42.4 Å². The van der Waals surface area contributed by atoms with Crippen molar-refractivity contribution in [3.8, 4) is 57.5 Å². The lowest BCUT2D eigenvalue weighted by atomic mass is 9.69. The van der Waals surface area contributed by atoms with Gasteiger partial charge in [0.05, 0.1) is 0 Å². The van der Waals surface area contributed by atoms with Crippen LogP contribution in [0.15, 0.2) is 91.0 Å². The van der Waals surface area contributed by atoms with Crippen LogP contribution in [0, 0.1) is 0 Å². The Kier molecular flexibility index (Phi) is 11.5. The van der Waals surface area contributed by atoms with Gasteiger partial charge in [0.1, 0.15) is 0 Å². The van der Waals surface area contributed by atoms with Crippen LogP contribution in [0.1, 0.15) is 103 Å². The Hall–Kier alpha value is -5.90. The van der Waals surface area contributed by atoms with Crippen molar-refractivity contribution in [3.05, 3.63) is 119 Å². The van der Waals surface area contributed by atoms with E-state index in [4.69, 9.17) is 0 Å². The predicted molar refractivity (Wildman–Crippen MR) is 197 cm³/mol. The van der Waals surface area contributed by atoms with Gasteiger partial charge in [0.25, 0.3) is 0 Å². The molecule has 0 heterocycles. The minimum absolute atomic E-state index is 0.0412. The first-order chi connectivity index (χ1) is 24.8. The minimum atomic E-state index is -0.448. The van der Waals surface area contributed by atoms with Crippen molar-refractivity contribution < 1.29 is 51.1 Å². The van der Waals surface area contributed by atoms with Gasteiger partial charge in [-0.15, -0.1) is 0 Å². The smallest absolute Gasteiger partial charge is 0.157 e. The second-order valence-electron chi connectivity index (χ2n) is 13.6. The van der Waals surface area contributed by atoms with Gasteiger partial charge in [-0.1, -0.05) is 44.2 Å². The van der Waals surface area contributed by atoms with Crippen molar-refractivity contribution in [1.29, 1.82) is 0 Å². The zero-order chi connectivity index (χ0) is 37.7. The molecule has 0 aliphatic carbocycles. The topological polar surface area (TPSA) is 202 Å². The maximum atomic E-state index is 10.7. The van der Waals surface area contributed by atoms with Gasteiger partial charge in [-0.3, -0.25) is 0 Å². The summed E-state index contributed by atoms with van der Waals surface area (Å²) in [5.41, 5.74) is 3.69. The van der Waals surface area contributed by atoms with Gasteiger partial charge in [0, 0.05) is 0 Å². The average Bonchev–Trinajstić information content (AvgIpc) is 3.12. The minimum Gasteiger partial charge on any atom is -0.504 e. The van der Waals surface area contributed by atoms with Crippen LogP contribution in [0.4, 0.5) is 0 Å². The molecule has 0 spiro atoms. The molecular formula is C42H46O10. The molecule has 10 heteroatoms. The van der Waals surface area contributed by atoms with Crippen molar-refractivity contribution in [3.63, 3.8) is 0 Å². The highest BCUT2D eigenvalue weighted by atomic mass is 16.3. The highest BCUT2D eigenvalue weighted by Gasteiger charge is 2.33. The normalized spacial score (nSPS) is 14.3. The molecule has 0 fully saturated rings. The van der Waals surface area contributed by atoms with E-state index in [0.717, 1.165) is 17.5 Å². The van der Waals surface area contributed by atoms with Gasteiger partial charge in [-0.05, 0) is 150 Å². The van der Waals surface area contributed by atoms with Gasteiger partial charge < -0.3 is 51.1 Å². The standard InChI is InChI=1S/C42H46O10/c1-3-24(27-8-14-33(44)38(49)19-27)4-5-25(28-9-15-34(45)39(50)20-28)6-12-31(29-10-16-35(46)40(51)21-29)42(30-11-17-36(47)41(52)22-30)23(2)26-7-13-32(43)37(48)18-26/h7-11,13-25,31,42-52H,3-6,12H2,1-2H3/t23?,24?,25-,31?,42?/m0/s1. The first kappa shape index (κ1) is 37.4. The Morgan fingerprint density at radius 2 is 0.692 bits per heavy atom. The monoisotopic (exact) mass is 710 g/mol. The number of rotatable bonds is 14. The third-order valence-corrected chi connectivity index (χ3v) is 10.4. The third-order valence-electron chi connectivity index (χ3n) is 10.4. The molecule has 0 radical (unpaired) electrons. The maximum Gasteiger partial charge on any atom is 0.157 e. The molecule has 0 bridgehead atoms. The first-order valence-electron chi connectivity index (χ1n) is 17.4. The SMILES string of the molecule is CCC(CC[C@@H](CCC(c1ccc(O)c(O)c1)C(c1ccc(O)c(O)c1)C(C)c1ccc(O)c(O)c1)c1ccc(O)c(O)c1)c1ccc(O)c(O)c1. The van der Waals surface area contributed by atoms with Crippen LogP contribution < -0.4 is 0 Å². The van der Waals surface area contributed by atoms with Gasteiger partial charge in [-0.2, -0.15) is 0 Å². The fraction of sp³-hybridized carbons (Fsp3) is 0.286. The molecule has 0 aromatic heterocycles. The molecule has 0 aliphatic rings. The summed E-state index contributed by atoms with van der Waals surface area (Å²) in [6.45, 7) is 3.99. The van der Waals surface area contributed by atoms with E-state index in [9.17, 15) is 51.1 Å². The summed E-state index contributed by atoms with van der Waals surface area (Å²) in [6, 6.07) is 23.4. The molecule has 10 nitrogen and oxygen atoms in total. The van der Waals surface area contributed by atoms with Crippen LogP contribution in [-0.4, -0.2) is 51.1 Å². The van der Waals surface area contributed by atoms with E-state index >= 15 is 0 Å². The fourth-order valence-corrected chi connectivity index (χ4v) is 7.43. The maximum absolute atomic E-state index is 10.7. The molecule has 0 saturated carbocycles. The Bertz CT molecular complexity index is 2010. The molecule has 4 unspecified atom stereocenters. The fourth-order valence-electron chi connectivity index (χ4n) is 7.43. The van der Waals surface area contributed by atoms with E-state index in [1.54, 1.807) is 42.5 Å². The summed E-state index contributed by atoms with van der Waals surface area (Å²) >= 11 is 0. The number of phenolic OH excluding ortho intramolecular Hbond substituents is 10. The van der Waals surface area contributed by atoms with E-state index in [-0.39, 0.29) is 75.2 Å². The quantitative estimate of drug-likeness (QED) is 0.0496. The van der Waals surface area contributed by atoms with Crippen LogP contribution in [0.3, 0.4) is 0 Å². The summed E-state index contributed by atoms with van der Waals surface area (Å²) < 4.78 is 0. The lowest BCUT2D eigenvalue weighted by Gasteiger charge is -2.35. The Morgan fingerprint density at radius 1 is 0.365 bits per heavy atom. The van der Waals surface area contributed by atoms with E-state index in [1.807, 2.05) is 13.8 Å². The van der Waals surface area contributed by atoms with Crippen molar-refractivity contribution in [1.82, 2.24) is 0 Å². The molecule has 0 amide bonds. The van der Waals surface area contributed by atoms with Gasteiger partial charge in [-0.25, -0.2) is 0 Å². The summed E-state index contributed by atoms with van der Waals surface area (Å²) in [7, 11) is 0. The molecule has 5 aromatic carbocycles. The number of hydrogen-bond donors (Lipinski definition) is 10. The third kappa shape index (κ3) is 8.34. The Labute approximate surface area is 302 Å². The van der Waals surface area contributed by atoms with Crippen LogP contribution in [0.5, 0.6) is 57.5 Å². The van der Waals surface area contributed by atoms with Crippen LogP contribution >= 0.6 is 0 Å². The first-order valence-corrected chi connectivity index (χ1v) is 17.4. The Morgan fingerprint density at radius 3 is 1.15 bits per heavy atom. The zero-order valence-corrected chi connectivity index (χ0v) is 29.1. The van der Waals surface area contributed by atoms with Crippen molar-refractivity contribution in [2.75, 3.05) is 0 Å². The van der Waals surface area contributed by atoms with Crippen molar-refractivity contribution in [2.24, 2.45) is 0 Å². The van der Waals surface area contributed by atoms with Crippen molar-refractivity contribution in [2.45, 2.75) is 75.5 Å². The van der Waals surface area contributed by atoms with Crippen molar-refractivity contribution >= 4 is 0 Å². The highest BCUT2D eigenvalue weighted by molar-refractivity contribution is 5.49. The molecule has 0 saturated heterocycles. The number of phenols is 10. The summed E-state index contributed by atoms with van der Waals surface area (Å²) in [5, 5.41) is 103. The van der Waals surface area contributed by atoms with Crippen LogP contribution in [0.2, 0.25) is 0 Å². The van der Waals surface area contributed by atoms with Crippen LogP contribution in [-0.2, 0) is 0 Å². The molecule has 5 atom stereocenters. The molecule has 0 aliphatic heterocycles. The molecule has 52 heavy (non-hydrogen) atoms. The lowest BCUT2D eigenvalue weighted by molar-refractivity contribution is 0.382. The van der Waals surface area contributed by atoms with Crippen LogP contribution in [0.25, 0.3) is 0 Å². The van der Waals surface area contributed by atoms with Gasteiger partial charge >= 0.3 is 0 Å². The number of hydrogen-bond acceptors (Lipinski definition) is 10. The molecule has 274 valence electrons. The number of benzene rings is 5. The molecule has 5 aromatic rings. The summed E-state index contributed by atoms with van der Waals surface area (Å²) in [6.07, 6.45) is 3.12. The number of aromatic hydroxyl groups is 10. The van der Waals surface area contributed by atoms with E-state index in [2.05, 4.69) is 0 Å². The highest BCUT2D eigenvalue weighted by Crippen LogP contribution is 2.50.